The minimum absolute atomic E-state index is 0.824. The van der Waals surface area contributed by atoms with Gasteiger partial charge in [0.2, 0.25) is 0 Å². The molecule has 0 radical (unpaired) electrons. The minimum Gasteiger partial charge on any atom is -0.399 e. The third-order valence-electron chi connectivity index (χ3n) is 4.32. The first-order chi connectivity index (χ1) is 10.3. The molecule has 1 aliphatic rings. The summed E-state index contributed by atoms with van der Waals surface area (Å²) in [7, 11) is 0. The Kier molecular flexibility index (Phi) is 2.78. The normalized spacial score (nSPS) is 12.0. The molecule has 0 aromatic heterocycles. The molecule has 0 spiro atoms. The molecule has 0 unspecified atom stereocenters. The Morgan fingerprint density at radius 2 is 1.52 bits per heavy atom. The van der Waals surface area contributed by atoms with E-state index in [1.54, 1.807) is 0 Å². The lowest BCUT2D eigenvalue weighted by atomic mass is 9.96. The molecule has 4 rings (SSSR count). The van der Waals surface area contributed by atoms with Crippen molar-refractivity contribution < 1.29 is 0 Å². The van der Waals surface area contributed by atoms with Crippen LogP contribution in [-0.2, 0) is 12.8 Å². The van der Waals surface area contributed by atoms with E-state index in [0.29, 0.717) is 0 Å². The maximum absolute atomic E-state index is 5.77. The number of rotatable bonds is 2. The lowest BCUT2D eigenvalue weighted by Crippen LogP contribution is -1.95. The van der Waals surface area contributed by atoms with Gasteiger partial charge in [0.1, 0.15) is 0 Å². The van der Waals surface area contributed by atoms with E-state index in [2.05, 4.69) is 54.6 Å². The number of nitrogens with two attached hydrogens (primary N) is 1. The molecule has 0 bridgehead atoms. The van der Waals surface area contributed by atoms with Gasteiger partial charge in [-0.25, -0.2) is 0 Å². The van der Waals surface area contributed by atoms with Gasteiger partial charge in [0, 0.05) is 5.69 Å². The van der Waals surface area contributed by atoms with Crippen molar-refractivity contribution in [1.29, 1.82) is 0 Å². The SMILES string of the molecule is Nc1ccc(Cc2cccc3c2Cc2ccccc2-3)cc1. The van der Waals surface area contributed by atoms with Crippen molar-refractivity contribution in [3.8, 4) is 11.1 Å². The maximum atomic E-state index is 5.77. The molecule has 102 valence electrons. The van der Waals surface area contributed by atoms with Gasteiger partial charge in [-0.05, 0) is 58.4 Å². The summed E-state index contributed by atoms with van der Waals surface area (Å²) in [6, 6.07) is 23.6. The summed E-state index contributed by atoms with van der Waals surface area (Å²) in [5.74, 6) is 0. The van der Waals surface area contributed by atoms with Crippen molar-refractivity contribution in [2.75, 3.05) is 5.73 Å². The second-order valence-corrected chi connectivity index (χ2v) is 5.70. The van der Waals surface area contributed by atoms with Crippen LogP contribution in [0, 0.1) is 0 Å². The van der Waals surface area contributed by atoms with Crippen LogP contribution in [0.2, 0.25) is 0 Å². The predicted molar refractivity (Wildman–Crippen MR) is 88.3 cm³/mol. The van der Waals surface area contributed by atoms with Crippen LogP contribution in [0.5, 0.6) is 0 Å². The molecule has 1 nitrogen and oxygen atoms in total. The second-order valence-electron chi connectivity index (χ2n) is 5.70. The van der Waals surface area contributed by atoms with Crippen LogP contribution in [0.3, 0.4) is 0 Å². The highest BCUT2D eigenvalue weighted by Crippen LogP contribution is 2.38. The zero-order valence-corrected chi connectivity index (χ0v) is 11.8. The van der Waals surface area contributed by atoms with Crippen LogP contribution >= 0.6 is 0 Å². The number of nitrogen functional groups attached to an aromatic ring is 1. The standard InChI is InChI=1S/C20H17N/c21-17-10-8-14(9-11-17)12-15-5-3-7-19-18-6-2-1-4-16(18)13-20(15)19/h1-11H,12-13,21H2. The Labute approximate surface area is 125 Å². The number of hydrogen-bond donors (Lipinski definition) is 1. The Bertz CT molecular complexity index is 800. The minimum atomic E-state index is 0.824. The molecule has 2 N–H and O–H groups in total. The first-order valence-electron chi connectivity index (χ1n) is 7.35. The zero-order valence-electron chi connectivity index (χ0n) is 11.8. The topological polar surface area (TPSA) is 26.0 Å². The molecular formula is C20H17N. The molecule has 21 heavy (non-hydrogen) atoms. The summed E-state index contributed by atoms with van der Waals surface area (Å²) >= 11 is 0. The first kappa shape index (κ1) is 12.2. The van der Waals surface area contributed by atoms with Gasteiger partial charge in [-0.2, -0.15) is 0 Å². The number of hydrogen-bond acceptors (Lipinski definition) is 1. The van der Waals surface area contributed by atoms with Gasteiger partial charge in [0.15, 0.2) is 0 Å². The average molecular weight is 271 g/mol. The van der Waals surface area contributed by atoms with Crippen LogP contribution < -0.4 is 5.73 Å². The van der Waals surface area contributed by atoms with Gasteiger partial charge < -0.3 is 5.73 Å². The van der Waals surface area contributed by atoms with E-state index >= 15 is 0 Å². The first-order valence-corrected chi connectivity index (χ1v) is 7.35. The van der Waals surface area contributed by atoms with Crippen molar-refractivity contribution in [2.24, 2.45) is 0 Å². The zero-order chi connectivity index (χ0) is 14.2. The Morgan fingerprint density at radius 3 is 2.38 bits per heavy atom. The van der Waals surface area contributed by atoms with Crippen LogP contribution in [-0.4, -0.2) is 0 Å². The number of fused-ring (bicyclic) bond motifs is 3. The molecule has 1 heteroatoms. The molecule has 0 fully saturated rings. The van der Waals surface area contributed by atoms with Crippen molar-refractivity contribution >= 4 is 5.69 Å². The molecule has 0 aliphatic heterocycles. The van der Waals surface area contributed by atoms with E-state index in [1.807, 2.05) is 12.1 Å². The lowest BCUT2D eigenvalue weighted by Gasteiger charge is -2.09. The van der Waals surface area contributed by atoms with Crippen LogP contribution in [0.4, 0.5) is 5.69 Å². The van der Waals surface area contributed by atoms with Gasteiger partial charge in [0.05, 0.1) is 0 Å². The third kappa shape index (κ3) is 2.11. The van der Waals surface area contributed by atoms with Crippen LogP contribution in [0.1, 0.15) is 22.3 Å². The monoisotopic (exact) mass is 271 g/mol. The van der Waals surface area contributed by atoms with Crippen molar-refractivity contribution in [3.05, 3.63) is 89.0 Å². The molecule has 0 saturated carbocycles. The summed E-state index contributed by atoms with van der Waals surface area (Å²) in [5, 5.41) is 0. The van der Waals surface area contributed by atoms with Gasteiger partial charge in [-0.15, -0.1) is 0 Å². The summed E-state index contributed by atoms with van der Waals surface area (Å²) in [6.07, 6.45) is 2.02. The Hall–Kier alpha value is -2.54. The highest BCUT2D eigenvalue weighted by atomic mass is 14.5. The molecule has 3 aromatic carbocycles. The fourth-order valence-corrected chi connectivity index (χ4v) is 3.24. The quantitative estimate of drug-likeness (QED) is 0.536. The van der Waals surface area contributed by atoms with Gasteiger partial charge in [0.25, 0.3) is 0 Å². The number of anilines is 1. The van der Waals surface area contributed by atoms with Gasteiger partial charge in [-0.3, -0.25) is 0 Å². The van der Waals surface area contributed by atoms with Crippen LogP contribution in [0.25, 0.3) is 11.1 Å². The van der Waals surface area contributed by atoms with E-state index in [-0.39, 0.29) is 0 Å². The highest BCUT2D eigenvalue weighted by molar-refractivity contribution is 5.78. The summed E-state index contributed by atoms with van der Waals surface area (Å²) in [6.45, 7) is 0. The highest BCUT2D eigenvalue weighted by Gasteiger charge is 2.20. The molecule has 3 aromatic rings. The molecule has 0 heterocycles. The van der Waals surface area contributed by atoms with E-state index < -0.39 is 0 Å². The Balaban J connectivity index is 1.74. The summed E-state index contributed by atoms with van der Waals surface area (Å²) in [4.78, 5) is 0. The smallest absolute Gasteiger partial charge is 0.0314 e. The van der Waals surface area contributed by atoms with E-state index in [0.717, 1.165) is 18.5 Å². The Morgan fingerprint density at radius 1 is 0.762 bits per heavy atom. The van der Waals surface area contributed by atoms with Crippen molar-refractivity contribution in [1.82, 2.24) is 0 Å². The average Bonchev–Trinajstić information content (AvgIpc) is 2.89. The second kappa shape index (κ2) is 4.78. The summed E-state index contributed by atoms with van der Waals surface area (Å²) in [5.41, 5.74) is 15.0. The van der Waals surface area contributed by atoms with E-state index in [9.17, 15) is 0 Å². The maximum Gasteiger partial charge on any atom is 0.0314 e. The van der Waals surface area contributed by atoms with Crippen LogP contribution in [0.15, 0.2) is 66.7 Å². The van der Waals surface area contributed by atoms with E-state index in [1.165, 1.54) is 33.4 Å². The third-order valence-corrected chi connectivity index (χ3v) is 4.32. The number of benzene rings is 3. The summed E-state index contributed by atoms with van der Waals surface area (Å²) < 4.78 is 0. The largest absolute Gasteiger partial charge is 0.399 e. The molecule has 1 aliphatic carbocycles. The molecular weight excluding hydrogens is 254 g/mol. The fraction of sp³-hybridized carbons (Fsp3) is 0.100. The predicted octanol–water partition coefficient (Wildman–Crippen LogP) is 4.43. The van der Waals surface area contributed by atoms with Crippen molar-refractivity contribution in [3.63, 3.8) is 0 Å². The fourth-order valence-electron chi connectivity index (χ4n) is 3.24. The molecule has 0 atom stereocenters. The van der Waals surface area contributed by atoms with Crippen molar-refractivity contribution in [2.45, 2.75) is 12.8 Å². The van der Waals surface area contributed by atoms with Gasteiger partial charge >= 0.3 is 0 Å². The van der Waals surface area contributed by atoms with E-state index in [4.69, 9.17) is 5.73 Å². The molecule has 0 amide bonds. The van der Waals surface area contributed by atoms with Gasteiger partial charge in [-0.1, -0.05) is 54.6 Å². The molecule has 0 saturated heterocycles. The lowest BCUT2D eigenvalue weighted by molar-refractivity contribution is 1.12.